The maximum atomic E-state index is 12.9. The van der Waals surface area contributed by atoms with Gasteiger partial charge in [0.2, 0.25) is 0 Å². The molecule has 0 unspecified atom stereocenters. The SMILES string of the molecule is O=C(Nc1ccc(Br)c(C(F)(F)F)c1)c1cccc(-[n+]2cnn[nH]2)c1. The van der Waals surface area contributed by atoms with Crippen molar-refractivity contribution in [3.05, 3.63) is 64.4 Å². The van der Waals surface area contributed by atoms with Crippen LogP contribution in [0.3, 0.4) is 0 Å². The number of benzene rings is 2. The highest BCUT2D eigenvalue weighted by molar-refractivity contribution is 9.10. The van der Waals surface area contributed by atoms with E-state index in [1.54, 1.807) is 24.3 Å². The maximum absolute atomic E-state index is 12.9. The van der Waals surface area contributed by atoms with Crippen molar-refractivity contribution in [3.8, 4) is 5.69 Å². The Morgan fingerprint density at radius 3 is 2.68 bits per heavy atom. The number of alkyl halides is 3. The Morgan fingerprint density at radius 1 is 1.20 bits per heavy atom. The standard InChI is InChI=1S/C15H9BrF3N5O/c16-13-5-4-10(7-12(13)15(17,18)19)21-14(25)9-2-1-3-11(6-9)24-8-20-22-23-24/h1-8H,(H,21,25)/p+1. The highest BCUT2D eigenvalue weighted by Gasteiger charge is 2.33. The number of amides is 1. The zero-order valence-corrected chi connectivity index (χ0v) is 14.0. The van der Waals surface area contributed by atoms with Gasteiger partial charge >= 0.3 is 6.18 Å². The van der Waals surface area contributed by atoms with Crippen molar-refractivity contribution in [3.63, 3.8) is 0 Å². The van der Waals surface area contributed by atoms with Gasteiger partial charge in [0.25, 0.3) is 12.2 Å². The largest absolute Gasteiger partial charge is 0.417 e. The third-order valence-corrected chi connectivity index (χ3v) is 3.98. The number of halogens is 4. The first-order valence-electron chi connectivity index (χ1n) is 6.91. The van der Waals surface area contributed by atoms with Gasteiger partial charge in [-0.3, -0.25) is 4.79 Å². The van der Waals surface area contributed by atoms with Crippen molar-refractivity contribution in [1.82, 2.24) is 15.5 Å². The lowest BCUT2D eigenvalue weighted by Crippen LogP contribution is -2.32. The van der Waals surface area contributed by atoms with Crippen LogP contribution in [0.4, 0.5) is 18.9 Å². The maximum Gasteiger partial charge on any atom is 0.417 e. The monoisotopic (exact) mass is 412 g/mol. The highest BCUT2D eigenvalue weighted by Crippen LogP contribution is 2.36. The molecule has 25 heavy (non-hydrogen) atoms. The van der Waals surface area contributed by atoms with Crippen molar-refractivity contribution in [2.24, 2.45) is 0 Å². The van der Waals surface area contributed by atoms with Crippen LogP contribution in [-0.2, 0) is 6.18 Å². The third-order valence-electron chi connectivity index (χ3n) is 3.29. The molecule has 2 N–H and O–H groups in total. The molecule has 3 rings (SSSR count). The fraction of sp³-hybridized carbons (Fsp3) is 0.0667. The van der Waals surface area contributed by atoms with Gasteiger partial charge in [-0.25, -0.2) is 0 Å². The van der Waals surface area contributed by atoms with Crippen LogP contribution in [0.5, 0.6) is 0 Å². The summed E-state index contributed by atoms with van der Waals surface area (Å²) in [7, 11) is 0. The van der Waals surface area contributed by atoms with Crippen molar-refractivity contribution in [2.45, 2.75) is 6.18 Å². The summed E-state index contributed by atoms with van der Waals surface area (Å²) < 4.78 is 40.2. The van der Waals surface area contributed by atoms with Crippen LogP contribution in [-0.4, -0.2) is 21.4 Å². The summed E-state index contributed by atoms with van der Waals surface area (Å²) in [6, 6.07) is 9.96. The Labute approximate surface area is 147 Å². The number of H-pyrrole nitrogens is 1. The minimum absolute atomic E-state index is 0.0433. The van der Waals surface area contributed by atoms with E-state index in [2.05, 4.69) is 36.8 Å². The van der Waals surface area contributed by atoms with E-state index < -0.39 is 17.6 Å². The summed E-state index contributed by atoms with van der Waals surface area (Å²) >= 11 is 2.86. The van der Waals surface area contributed by atoms with Crippen molar-refractivity contribution in [2.75, 3.05) is 5.32 Å². The van der Waals surface area contributed by atoms with E-state index >= 15 is 0 Å². The lowest BCUT2D eigenvalue weighted by Gasteiger charge is -2.12. The summed E-state index contributed by atoms with van der Waals surface area (Å²) in [6.07, 6.45) is -3.11. The second kappa shape index (κ2) is 6.63. The number of nitrogens with zero attached hydrogens (tertiary/aromatic N) is 3. The minimum Gasteiger partial charge on any atom is -0.322 e. The molecule has 3 aromatic rings. The molecule has 0 spiro atoms. The second-order valence-corrected chi connectivity index (χ2v) is 5.85. The number of nitrogens with one attached hydrogen (secondary N) is 2. The van der Waals surface area contributed by atoms with E-state index in [-0.39, 0.29) is 15.7 Å². The summed E-state index contributed by atoms with van der Waals surface area (Å²) in [5.74, 6) is -0.537. The fourth-order valence-electron chi connectivity index (χ4n) is 2.12. The van der Waals surface area contributed by atoms with Gasteiger partial charge in [0.05, 0.1) is 5.56 Å². The smallest absolute Gasteiger partial charge is 0.322 e. The average molecular weight is 413 g/mol. The Hall–Kier alpha value is -2.75. The number of aromatic nitrogens is 4. The summed E-state index contributed by atoms with van der Waals surface area (Å²) in [6.45, 7) is 0. The van der Waals surface area contributed by atoms with Crippen LogP contribution in [0.1, 0.15) is 15.9 Å². The highest BCUT2D eigenvalue weighted by atomic mass is 79.9. The number of tetrazole rings is 1. The van der Waals surface area contributed by atoms with Crippen LogP contribution < -0.4 is 10.00 Å². The molecule has 0 saturated heterocycles. The molecule has 0 aliphatic rings. The van der Waals surface area contributed by atoms with E-state index in [4.69, 9.17) is 0 Å². The molecule has 1 amide bonds. The molecule has 1 heterocycles. The Balaban J connectivity index is 1.85. The van der Waals surface area contributed by atoms with Crippen LogP contribution in [0.15, 0.2) is 53.3 Å². The van der Waals surface area contributed by atoms with E-state index in [1.807, 2.05) is 0 Å². The van der Waals surface area contributed by atoms with Gasteiger partial charge in [-0.15, -0.1) is 4.68 Å². The molecule has 0 aliphatic heterocycles. The number of hydrogen-bond acceptors (Lipinski definition) is 3. The molecule has 10 heteroatoms. The van der Waals surface area contributed by atoms with Crippen molar-refractivity contribution in [1.29, 1.82) is 0 Å². The molecule has 0 radical (unpaired) electrons. The molecule has 128 valence electrons. The second-order valence-electron chi connectivity index (χ2n) is 5.00. The quantitative estimate of drug-likeness (QED) is 0.649. The molecule has 1 aromatic heterocycles. The first-order valence-corrected chi connectivity index (χ1v) is 7.70. The lowest BCUT2D eigenvalue weighted by atomic mass is 10.1. The van der Waals surface area contributed by atoms with E-state index in [0.717, 1.165) is 6.07 Å². The molecule has 0 fully saturated rings. The van der Waals surface area contributed by atoms with E-state index in [0.29, 0.717) is 5.69 Å². The topological polar surface area (TPSA) is 74.6 Å². The molecule has 0 atom stereocenters. The zero-order chi connectivity index (χ0) is 18.0. The van der Waals surface area contributed by atoms with Gasteiger partial charge < -0.3 is 5.32 Å². The predicted molar refractivity (Wildman–Crippen MR) is 85.0 cm³/mol. The molecule has 0 saturated carbocycles. The number of hydrogen-bond donors (Lipinski definition) is 2. The third kappa shape index (κ3) is 3.85. The van der Waals surface area contributed by atoms with Gasteiger partial charge in [0, 0.05) is 15.7 Å². The van der Waals surface area contributed by atoms with Crippen molar-refractivity contribution < 1.29 is 22.6 Å². The Kier molecular flexibility index (Phi) is 4.53. The van der Waals surface area contributed by atoms with Gasteiger partial charge in [-0.1, -0.05) is 27.2 Å². The van der Waals surface area contributed by atoms with Crippen LogP contribution in [0.25, 0.3) is 5.69 Å². The van der Waals surface area contributed by atoms with E-state index in [1.165, 1.54) is 23.1 Å². The zero-order valence-electron chi connectivity index (χ0n) is 12.4. The number of carbonyl (C=O) groups excluding carboxylic acids is 1. The minimum atomic E-state index is -4.52. The number of carbonyl (C=O) groups is 1. The van der Waals surface area contributed by atoms with Gasteiger partial charge in [-0.05, 0) is 36.4 Å². The molecule has 6 nitrogen and oxygen atoms in total. The first-order chi connectivity index (χ1) is 11.8. The average Bonchev–Trinajstić information content (AvgIpc) is 3.10. The first kappa shape index (κ1) is 17.1. The fourth-order valence-corrected chi connectivity index (χ4v) is 2.59. The molecular weight excluding hydrogens is 403 g/mol. The summed E-state index contributed by atoms with van der Waals surface area (Å²) in [5, 5.41) is 12.2. The summed E-state index contributed by atoms with van der Waals surface area (Å²) in [5.41, 5.74) is 0.0560. The summed E-state index contributed by atoms with van der Waals surface area (Å²) in [4.78, 5) is 12.3. The van der Waals surface area contributed by atoms with Gasteiger partial charge in [0.15, 0.2) is 5.21 Å². The number of aromatic amines is 1. The molecular formula is C15H10BrF3N5O+. The molecule has 0 bridgehead atoms. The normalized spacial score (nSPS) is 11.4. The number of anilines is 1. The van der Waals surface area contributed by atoms with Gasteiger partial charge in [-0.2, -0.15) is 13.2 Å². The van der Waals surface area contributed by atoms with Gasteiger partial charge in [0.1, 0.15) is 10.8 Å². The van der Waals surface area contributed by atoms with Crippen LogP contribution in [0, 0.1) is 0 Å². The van der Waals surface area contributed by atoms with E-state index in [9.17, 15) is 18.0 Å². The number of rotatable bonds is 3. The Morgan fingerprint density at radius 2 is 2.00 bits per heavy atom. The molecule has 0 aliphatic carbocycles. The lowest BCUT2D eigenvalue weighted by molar-refractivity contribution is -0.660. The predicted octanol–water partition coefficient (Wildman–Crippen LogP) is 3.12. The van der Waals surface area contributed by atoms with Crippen molar-refractivity contribution >= 4 is 27.5 Å². The Bertz CT molecular complexity index is 912. The van der Waals surface area contributed by atoms with Crippen LogP contribution >= 0.6 is 15.9 Å². The van der Waals surface area contributed by atoms with Crippen LogP contribution in [0.2, 0.25) is 0 Å². The molecule has 2 aromatic carbocycles.